The Morgan fingerprint density at radius 3 is 2.60 bits per heavy atom. The first-order valence-electron chi connectivity index (χ1n) is 7.33. The smallest absolute Gasteiger partial charge is 0.127 e. The van der Waals surface area contributed by atoms with E-state index < -0.39 is 0 Å². The zero-order valence-electron chi connectivity index (χ0n) is 11.8. The van der Waals surface area contributed by atoms with Crippen molar-refractivity contribution in [2.75, 3.05) is 0 Å². The van der Waals surface area contributed by atoms with E-state index in [0.29, 0.717) is 0 Å². The number of nitrogens with zero attached hydrogens (tertiary/aromatic N) is 2. The molecule has 3 nitrogen and oxygen atoms in total. The van der Waals surface area contributed by atoms with Gasteiger partial charge in [0.1, 0.15) is 11.2 Å². The minimum Gasteiger partial charge on any atom is -0.341 e. The van der Waals surface area contributed by atoms with E-state index in [0.717, 1.165) is 49.2 Å². The van der Waals surface area contributed by atoms with Crippen LogP contribution in [0.15, 0.2) is 30.5 Å². The summed E-state index contributed by atoms with van der Waals surface area (Å²) in [6, 6.07) is 11.0. The average Bonchev–Trinajstić information content (AvgIpc) is 2.89. The first-order chi connectivity index (χ1) is 9.77. The summed E-state index contributed by atoms with van der Waals surface area (Å²) in [5.74, 6) is 0.832. The highest BCUT2D eigenvalue weighted by Crippen LogP contribution is 2.42. The molecule has 3 rings (SSSR count). The number of imidazole rings is 1. The second kappa shape index (κ2) is 5.13. The highest BCUT2D eigenvalue weighted by atomic mass is 14.9. The fourth-order valence-corrected chi connectivity index (χ4v) is 2.78. The molecule has 1 fully saturated rings. The van der Waals surface area contributed by atoms with E-state index in [-0.39, 0.29) is 5.41 Å². The van der Waals surface area contributed by atoms with Crippen molar-refractivity contribution in [3.05, 3.63) is 41.9 Å². The molecule has 0 radical (unpaired) electrons. The standard InChI is InChI=1S/C17H19N3/c1-2-4-13-5-7-14(8-6-13)15-11-19-16(20-15)17(12-18)9-3-10-17/h5-8,11H,2-4,9-10H2,1H3,(H,19,20). The quantitative estimate of drug-likeness (QED) is 0.909. The predicted molar refractivity (Wildman–Crippen MR) is 79.2 cm³/mol. The number of aromatic amines is 1. The van der Waals surface area contributed by atoms with Crippen molar-refractivity contribution < 1.29 is 0 Å². The molecular weight excluding hydrogens is 246 g/mol. The lowest BCUT2D eigenvalue weighted by molar-refractivity contribution is 0.309. The molecule has 0 spiro atoms. The van der Waals surface area contributed by atoms with E-state index >= 15 is 0 Å². The Labute approximate surface area is 119 Å². The van der Waals surface area contributed by atoms with Crippen LogP contribution in [0.5, 0.6) is 0 Å². The van der Waals surface area contributed by atoms with Gasteiger partial charge in [0, 0.05) is 0 Å². The average molecular weight is 265 g/mol. The van der Waals surface area contributed by atoms with Gasteiger partial charge in [0.05, 0.1) is 18.0 Å². The molecule has 1 heterocycles. The Balaban J connectivity index is 1.85. The molecule has 20 heavy (non-hydrogen) atoms. The van der Waals surface area contributed by atoms with E-state index in [1.54, 1.807) is 0 Å². The van der Waals surface area contributed by atoms with Crippen molar-refractivity contribution in [3.8, 4) is 17.3 Å². The van der Waals surface area contributed by atoms with Crippen LogP contribution >= 0.6 is 0 Å². The van der Waals surface area contributed by atoms with Gasteiger partial charge in [-0.25, -0.2) is 4.98 Å². The Kier molecular flexibility index (Phi) is 3.31. The molecule has 0 atom stereocenters. The van der Waals surface area contributed by atoms with Gasteiger partial charge in [-0.15, -0.1) is 0 Å². The molecule has 1 aliphatic carbocycles. The van der Waals surface area contributed by atoms with Crippen molar-refractivity contribution in [3.63, 3.8) is 0 Å². The zero-order chi connectivity index (χ0) is 14.0. The van der Waals surface area contributed by atoms with E-state index in [1.807, 2.05) is 6.20 Å². The highest BCUT2D eigenvalue weighted by molar-refractivity contribution is 5.59. The van der Waals surface area contributed by atoms with E-state index in [4.69, 9.17) is 0 Å². The maximum atomic E-state index is 9.36. The molecule has 0 unspecified atom stereocenters. The SMILES string of the molecule is CCCc1ccc(-c2cnc(C3(C#N)CCC3)[nH]2)cc1. The van der Waals surface area contributed by atoms with Gasteiger partial charge in [-0.3, -0.25) is 0 Å². The lowest BCUT2D eigenvalue weighted by Gasteiger charge is -2.32. The van der Waals surface area contributed by atoms with Crippen LogP contribution in [0.3, 0.4) is 0 Å². The third-order valence-electron chi connectivity index (χ3n) is 4.25. The molecular formula is C17H19N3. The van der Waals surface area contributed by atoms with Gasteiger partial charge < -0.3 is 4.98 Å². The van der Waals surface area contributed by atoms with Gasteiger partial charge in [-0.2, -0.15) is 5.26 Å². The summed E-state index contributed by atoms with van der Waals surface area (Å²) in [5, 5.41) is 9.36. The molecule has 102 valence electrons. The predicted octanol–water partition coefficient (Wildman–Crippen LogP) is 3.97. The van der Waals surface area contributed by atoms with E-state index in [1.165, 1.54) is 5.56 Å². The monoisotopic (exact) mass is 265 g/mol. The Bertz CT molecular complexity index is 627. The normalized spacial score (nSPS) is 16.4. The number of nitriles is 1. The molecule has 1 aliphatic rings. The van der Waals surface area contributed by atoms with Crippen LogP contribution in [0.25, 0.3) is 11.3 Å². The van der Waals surface area contributed by atoms with Crippen LogP contribution in [0, 0.1) is 11.3 Å². The molecule has 0 aliphatic heterocycles. The number of nitrogens with one attached hydrogen (secondary N) is 1. The third kappa shape index (κ3) is 2.12. The maximum Gasteiger partial charge on any atom is 0.127 e. The van der Waals surface area contributed by atoms with Gasteiger partial charge in [0.2, 0.25) is 0 Å². The van der Waals surface area contributed by atoms with Gasteiger partial charge in [-0.05, 0) is 36.8 Å². The Hall–Kier alpha value is -2.08. The van der Waals surface area contributed by atoms with Gasteiger partial charge in [0.25, 0.3) is 0 Å². The summed E-state index contributed by atoms with van der Waals surface area (Å²) in [4.78, 5) is 7.78. The minimum atomic E-state index is -0.361. The van der Waals surface area contributed by atoms with Crippen LogP contribution in [0.1, 0.15) is 44.0 Å². The number of aryl methyl sites for hydroxylation is 1. The Morgan fingerprint density at radius 1 is 1.30 bits per heavy atom. The number of hydrogen-bond donors (Lipinski definition) is 1. The molecule has 1 N–H and O–H groups in total. The number of hydrogen-bond acceptors (Lipinski definition) is 2. The summed E-state index contributed by atoms with van der Waals surface area (Å²) in [6.45, 7) is 2.19. The van der Waals surface area contributed by atoms with Crippen molar-refractivity contribution in [1.29, 1.82) is 5.26 Å². The van der Waals surface area contributed by atoms with E-state index in [2.05, 4.69) is 47.2 Å². The van der Waals surface area contributed by atoms with Crippen LogP contribution in [0.2, 0.25) is 0 Å². The molecule has 0 bridgehead atoms. The summed E-state index contributed by atoms with van der Waals surface area (Å²) < 4.78 is 0. The maximum absolute atomic E-state index is 9.36. The highest BCUT2D eigenvalue weighted by Gasteiger charge is 2.41. The summed E-state index contributed by atoms with van der Waals surface area (Å²) in [7, 11) is 0. The summed E-state index contributed by atoms with van der Waals surface area (Å²) in [5.41, 5.74) is 3.14. The lowest BCUT2D eigenvalue weighted by Crippen LogP contribution is -2.33. The van der Waals surface area contributed by atoms with Crippen LogP contribution in [-0.2, 0) is 11.8 Å². The van der Waals surface area contributed by atoms with Crippen molar-refractivity contribution in [1.82, 2.24) is 9.97 Å². The largest absolute Gasteiger partial charge is 0.341 e. The lowest BCUT2D eigenvalue weighted by atomic mass is 9.69. The first kappa shape index (κ1) is 12.9. The molecule has 1 aromatic heterocycles. The minimum absolute atomic E-state index is 0.361. The van der Waals surface area contributed by atoms with Gasteiger partial charge >= 0.3 is 0 Å². The molecule has 2 aromatic rings. The van der Waals surface area contributed by atoms with Crippen LogP contribution in [0.4, 0.5) is 0 Å². The number of aromatic nitrogens is 2. The van der Waals surface area contributed by atoms with Gasteiger partial charge in [-0.1, -0.05) is 37.6 Å². The number of rotatable bonds is 4. The third-order valence-corrected chi connectivity index (χ3v) is 4.25. The topological polar surface area (TPSA) is 52.5 Å². The van der Waals surface area contributed by atoms with Crippen molar-refractivity contribution >= 4 is 0 Å². The molecule has 0 saturated heterocycles. The van der Waals surface area contributed by atoms with Crippen molar-refractivity contribution in [2.45, 2.75) is 44.4 Å². The fourth-order valence-electron chi connectivity index (χ4n) is 2.78. The first-order valence-corrected chi connectivity index (χ1v) is 7.33. The molecule has 3 heteroatoms. The molecule has 1 aromatic carbocycles. The fraction of sp³-hybridized carbons (Fsp3) is 0.412. The second-order valence-corrected chi connectivity index (χ2v) is 5.64. The molecule has 1 saturated carbocycles. The molecule has 0 amide bonds. The van der Waals surface area contributed by atoms with Crippen LogP contribution in [-0.4, -0.2) is 9.97 Å². The summed E-state index contributed by atoms with van der Waals surface area (Å²) >= 11 is 0. The van der Waals surface area contributed by atoms with Gasteiger partial charge in [0.15, 0.2) is 0 Å². The number of benzene rings is 1. The summed E-state index contributed by atoms with van der Waals surface area (Å²) in [6.07, 6.45) is 7.10. The van der Waals surface area contributed by atoms with E-state index in [9.17, 15) is 5.26 Å². The second-order valence-electron chi connectivity index (χ2n) is 5.64. The number of H-pyrrole nitrogens is 1. The van der Waals surface area contributed by atoms with Crippen LogP contribution < -0.4 is 0 Å². The Morgan fingerprint density at radius 2 is 2.05 bits per heavy atom. The zero-order valence-corrected chi connectivity index (χ0v) is 11.8. The van der Waals surface area contributed by atoms with Crippen molar-refractivity contribution in [2.24, 2.45) is 0 Å².